The molecule has 1 saturated heterocycles. The van der Waals surface area contributed by atoms with Gasteiger partial charge in [0.05, 0.1) is 19.3 Å². The third-order valence-electron chi connectivity index (χ3n) is 5.36. The number of piperazine rings is 1. The summed E-state index contributed by atoms with van der Waals surface area (Å²) in [5.74, 6) is 0.799. The van der Waals surface area contributed by atoms with E-state index in [0.717, 1.165) is 35.8 Å². The minimum absolute atomic E-state index is 0.0452. The molecule has 2 aromatic carbocycles. The van der Waals surface area contributed by atoms with Crippen LogP contribution < -0.4 is 9.64 Å². The Kier molecular flexibility index (Phi) is 5.46. The van der Waals surface area contributed by atoms with Gasteiger partial charge in [0.25, 0.3) is 5.91 Å². The molecule has 0 saturated carbocycles. The number of methoxy groups -OCH3 is 1. The fourth-order valence-electron chi connectivity index (χ4n) is 3.58. The molecule has 4 rings (SSSR count). The molecule has 1 aromatic heterocycles. The maximum atomic E-state index is 13.0. The van der Waals surface area contributed by atoms with E-state index in [2.05, 4.69) is 27.3 Å². The third kappa shape index (κ3) is 4.08. The lowest BCUT2D eigenvalue weighted by Crippen LogP contribution is -2.49. The number of ether oxygens (including phenoxy) is 1. The van der Waals surface area contributed by atoms with Gasteiger partial charge in [0.2, 0.25) is 0 Å². The van der Waals surface area contributed by atoms with Crippen LogP contribution in [0.15, 0.2) is 54.6 Å². The van der Waals surface area contributed by atoms with Gasteiger partial charge in [-0.3, -0.25) is 4.79 Å². The molecule has 0 radical (unpaired) electrons. The highest BCUT2D eigenvalue weighted by molar-refractivity contribution is 5.93. The molecule has 150 valence electrons. The maximum absolute atomic E-state index is 13.0. The zero-order valence-electron chi connectivity index (χ0n) is 16.8. The smallest absolute Gasteiger partial charge is 0.276 e. The molecule has 1 fully saturated rings. The summed E-state index contributed by atoms with van der Waals surface area (Å²) in [6.07, 6.45) is 0. The molecule has 0 N–H and O–H groups in total. The van der Waals surface area contributed by atoms with Crippen LogP contribution in [0.3, 0.4) is 0 Å². The highest BCUT2D eigenvalue weighted by atomic mass is 16.5. The third-order valence-corrected chi connectivity index (χ3v) is 5.36. The Morgan fingerprint density at radius 3 is 2.34 bits per heavy atom. The summed E-state index contributed by atoms with van der Waals surface area (Å²) in [5.41, 5.74) is 3.52. The van der Waals surface area contributed by atoms with Crippen molar-refractivity contribution >= 4 is 11.6 Å². The lowest BCUT2D eigenvalue weighted by molar-refractivity contribution is 0.0740. The van der Waals surface area contributed by atoms with E-state index in [0.29, 0.717) is 25.3 Å². The molecule has 0 unspecified atom stereocenters. The summed E-state index contributed by atoms with van der Waals surface area (Å²) in [6, 6.07) is 18.1. The summed E-state index contributed by atoms with van der Waals surface area (Å²) < 4.78 is 7.01. The first-order valence-electron chi connectivity index (χ1n) is 9.78. The molecule has 1 aliphatic rings. The van der Waals surface area contributed by atoms with Crippen LogP contribution in [-0.2, 0) is 6.54 Å². The molecule has 0 bridgehead atoms. The van der Waals surface area contributed by atoms with Crippen molar-refractivity contribution < 1.29 is 9.53 Å². The Morgan fingerprint density at radius 1 is 1.00 bits per heavy atom. The van der Waals surface area contributed by atoms with Gasteiger partial charge in [-0.1, -0.05) is 35.5 Å². The number of hydrogen-bond donors (Lipinski definition) is 0. The molecule has 3 aromatic rings. The van der Waals surface area contributed by atoms with Crippen molar-refractivity contribution in [3.8, 4) is 5.75 Å². The monoisotopic (exact) mass is 391 g/mol. The lowest BCUT2D eigenvalue weighted by atomic mass is 10.2. The number of rotatable bonds is 5. The molecular formula is C22H25N5O2. The first-order chi connectivity index (χ1) is 14.2. The van der Waals surface area contributed by atoms with E-state index in [-0.39, 0.29) is 5.91 Å². The van der Waals surface area contributed by atoms with E-state index in [9.17, 15) is 4.79 Å². The molecule has 29 heavy (non-hydrogen) atoms. The number of anilines is 1. The van der Waals surface area contributed by atoms with E-state index in [1.807, 2.05) is 54.3 Å². The number of aromatic nitrogens is 3. The molecule has 0 aliphatic carbocycles. The number of nitrogens with zero attached hydrogens (tertiary/aromatic N) is 5. The highest BCUT2D eigenvalue weighted by Gasteiger charge is 2.26. The van der Waals surface area contributed by atoms with E-state index in [1.165, 1.54) is 0 Å². The number of amides is 1. The second kappa shape index (κ2) is 8.34. The van der Waals surface area contributed by atoms with Gasteiger partial charge in [-0.25, -0.2) is 4.68 Å². The van der Waals surface area contributed by atoms with Gasteiger partial charge in [-0.2, -0.15) is 0 Å². The van der Waals surface area contributed by atoms with Gasteiger partial charge in [0.1, 0.15) is 5.75 Å². The number of carbonyl (C=O) groups excluding carboxylic acids is 1. The fourth-order valence-corrected chi connectivity index (χ4v) is 3.58. The molecule has 1 amide bonds. The standard InChI is InChI=1S/C22H25N5O2/c1-17-21(23-24-27(17)16-18-6-4-3-5-7-18)22(28)26-14-12-25(13-15-26)19-8-10-20(29-2)11-9-19/h3-11H,12-16H2,1-2H3. The average molecular weight is 391 g/mol. The van der Waals surface area contributed by atoms with Crippen LogP contribution in [0.2, 0.25) is 0 Å². The SMILES string of the molecule is COc1ccc(N2CCN(C(=O)c3nnn(Cc4ccccc4)c3C)CC2)cc1. The normalized spacial score (nSPS) is 14.1. The Morgan fingerprint density at radius 2 is 1.69 bits per heavy atom. The van der Waals surface area contributed by atoms with Gasteiger partial charge in [0, 0.05) is 31.9 Å². The van der Waals surface area contributed by atoms with E-state index < -0.39 is 0 Å². The Bertz CT molecular complexity index is 961. The van der Waals surface area contributed by atoms with Gasteiger partial charge < -0.3 is 14.5 Å². The topological polar surface area (TPSA) is 63.5 Å². The van der Waals surface area contributed by atoms with Crippen molar-refractivity contribution in [1.29, 1.82) is 0 Å². The average Bonchev–Trinajstić information content (AvgIpc) is 3.14. The summed E-state index contributed by atoms with van der Waals surface area (Å²) in [7, 11) is 1.66. The van der Waals surface area contributed by atoms with Crippen LogP contribution in [0.4, 0.5) is 5.69 Å². The van der Waals surface area contributed by atoms with Gasteiger partial charge in [-0.05, 0) is 36.8 Å². The molecule has 0 spiro atoms. The molecule has 0 atom stereocenters. The quantitative estimate of drug-likeness (QED) is 0.669. The predicted molar refractivity (Wildman–Crippen MR) is 111 cm³/mol. The summed E-state index contributed by atoms with van der Waals surface area (Å²) in [5, 5.41) is 8.38. The van der Waals surface area contributed by atoms with Crippen molar-refractivity contribution in [3.63, 3.8) is 0 Å². The van der Waals surface area contributed by atoms with Crippen molar-refractivity contribution in [3.05, 3.63) is 71.5 Å². The van der Waals surface area contributed by atoms with Crippen LogP contribution >= 0.6 is 0 Å². The molecule has 7 nitrogen and oxygen atoms in total. The Labute approximate surface area is 170 Å². The van der Waals surface area contributed by atoms with Crippen LogP contribution in [-0.4, -0.2) is 59.1 Å². The van der Waals surface area contributed by atoms with Crippen LogP contribution in [0.5, 0.6) is 5.75 Å². The van der Waals surface area contributed by atoms with Crippen molar-refractivity contribution in [2.45, 2.75) is 13.5 Å². The minimum atomic E-state index is -0.0452. The Hall–Kier alpha value is -3.35. The van der Waals surface area contributed by atoms with Crippen molar-refractivity contribution in [2.24, 2.45) is 0 Å². The summed E-state index contributed by atoms with van der Waals surface area (Å²) >= 11 is 0. The van der Waals surface area contributed by atoms with Crippen LogP contribution in [0.25, 0.3) is 0 Å². The van der Waals surface area contributed by atoms with Crippen LogP contribution in [0, 0.1) is 6.92 Å². The number of benzene rings is 2. The molecular weight excluding hydrogens is 366 g/mol. The molecule has 7 heteroatoms. The minimum Gasteiger partial charge on any atom is -0.497 e. The first-order valence-corrected chi connectivity index (χ1v) is 9.78. The number of hydrogen-bond acceptors (Lipinski definition) is 5. The maximum Gasteiger partial charge on any atom is 0.276 e. The second-order valence-electron chi connectivity index (χ2n) is 7.14. The van der Waals surface area contributed by atoms with Gasteiger partial charge >= 0.3 is 0 Å². The highest BCUT2D eigenvalue weighted by Crippen LogP contribution is 2.21. The zero-order chi connectivity index (χ0) is 20.2. The largest absolute Gasteiger partial charge is 0.497 e. The summed E-state index contributed by atoms with van der Waals surface area (Å²) in [4.78, 5) is 17.1. The van der Waals surface area contributed by atoms with Crippen LogP contribution in [0.1, 0.15) is 21.7 Å². The van der Waals surface area contributed by atoms with Gasteiger partial charge in [-0.15, -0.1) is 5.10 Å². The van der Waals surface area contributed by atoms with Crippen molar-refractivity contribution in [1.82, 2.24) is 19.9 Å². The Balaban J connectivity index is 1.39. The molecule has 2 heterocycles. The fraction of sp³-hybridized carbons (Fsp3) is 0.318. The number of carbonyl (C=O) groups is 1. The molecule has 1 aliphatic heterocycles. The lowest BCUT2D eigenvalue weighted by Gasteiger charge is -2.35. The first kappa shape index (κ1) is 19.0. The van der Waals surface area contributed by atoms with E-state index >= 15 is 0 Å². The predicted octanol–water partition coefficient (Wildman–Crippen LogP) is 2.61. The summed E-state index contributed by atoms with van der Waals surface area (Å²) in [6.45, 7) is 5.41. The van der Waals surface area contributed by atoms with E-state index in [1.54, 1.807) is 11.8 Å². The second-order valence-corrected chi connectivity index (χ2v) is 7.14. The van der Waals surface area contributed by atoms with E-state index in [4.69, 9.17) is 4.74 Å². The van der Waals surface area contributed by atoms with Gasteiger partial charge in [0.15, 0.2) is 5.69 Å². The zero-order valence-corrected chi connectivity index (χ0v) is 16.8. The van der Waals surface area contributed by atoms with Crippen molar-refractivity contribution in [2.75, 3.05) is 38.2 Å².